The van der Waals surface area contributed by atoms with Crippen molar-refractivity contribution in [3.05, 3.63) is 51.3 Å². The molecule has 3 nitrogen and oxygen atoms in total. The average Bonchev–Trinajstić information content (AvgIpc) is 2.68. The molecule has 0 aliphatic carbocycles. The third kappa shape index (κ3) is 2.53. The zero-order chi connectivity index (χ0) is 13.3. The van der Waals surface area contributed by atoms with Gasteiger partial charge in [0.05, 0.1) is 16.9 Å². The third-order valence-electron chi connectivity index (χ3n) is 2.77. The Bertz CT molecular complexity index is 546. The second kappa shape index (κ2) is 5.31. The summed E-state index contributed by atoms with van der Waals surface area (Å²) in [5, 5.41) is 15.6. The van der Waals surface area contributed by atoms with Crippen LogP contribution in [0.2, 0.25) is 10.0 Å². The maximum atomic E-state index is 10.4. The van der Waals surface area contributed by atoms with Gasteiger partial charge in [-0.3, -0.25) is 4.68 Å². The lowest BCUT2D eigenvalue weighted by Crippen LogP contribution is -2.09. The predicted molar refractivity (Wildman–Crippen MR) is 73.2 cm³/mol. The van der Waals surface area contributed by atoms with Crippen molar-refractivity contribution in [2.24, 2.45) is 0 Å². The molecule has 0 saturated carbocycles. The fourth-order valence-corrected chi connectivity index (χ4v) is 2.52. The second-order valence-electron chi connectivity index (χ2n) is 4.16. The van der Waals surface area contributed by atoms with Gasteiger partial charge in [-0.05, 0) is 37.1 Å². The van der Waals surface area contributed by atoms with Gasteiger partial charge in [-0.2, -0.15) is 5.10 Å². The van der Waals surface area contributed by atoms with Crippen LogP contribution in [0.5, 0.6) is 0 Å². The highest BCUT2D eigenvalue weighted by Crippen LogP contribution is 2.30. The number of rotatable bonds is 3. The van der Waals surface area contributed by atoms with E-state index in [2.05, 4.69) is 5.10 Å². The Hall–Kier alpha value is -1.03. The summed E-state index contributed by atoms with van der Waals surface area (Å²) in [7, 11) is 0. The molecule has 0 aliphatic rings. The lowest BCUT2D eigenvalue weighted by Gasteiger charge is -2.14. The summed E-state index contributed by atoms with van der Waals surface area (Å²) in [6.07, 6.45) is 0.721. The SMILES string of the molecule is CCn1ncc(Cl)c1C(O)c1cc(C)cc(Cl)c1. The number of benzene rings is 1. The van der Waals surface area contributed by atoms with E-state index >= 15 is 0 Å². The summed E-state index contributed by atoms with van der Waals surface area (Å²) in [4.78, 5) is 0. The molecule has 5 heteroatoms. The van der Waals surface area contributed by atoms with E-state index in [0.717, 1.165) is 11.1 Å². The number of aromatic nitrogens is 2. The molecule has 0 amide bonds. The summed E-state index contributed by atoms with van der Waals surface area (Å²) in [5.41, 5.74) is 2.31. The van der Waals surface area contributed by atoms with E-state index in [1.165, 1.54) is 0 Å². The van der Waals surface area contributed by atoms with Crippen molar-refractivity contribution in [2.45, 2.75) is 26.5 Å². The van der Waals surface area contributed by atoms with Gasteiger partial charge in [0.15, 0.2) is 0 Å². The first kappa shape index (κ1) is 13.4. The predicted octanol–water partition coefficient (Wildman–Crippen LogP) is 3.60. The highest BCUT2D eigenvalue weighted by Gasteiger charge is 2.19. The maximum Gasteiger partial charge on any atom is 0.122 e. The van der Waals surface area contributed by atoms with Crippen LogP contribution in [0, 0.1) is 6.92 Å². The van der Waals surface area contributed by atoms with E-state index in [0.29, 0.717) is 22.3 Å². The monoisotopic (exact) mass is 284 g/mol. The molecular formula is C13H14Cl2N2O. The van der Waals surface area contributed by atoms with Crippen LogP contribution in [0.3, 0.4) is 0 Å². The minimum atomic E-state index is -0.822. The largest absolute Gasteiger partial charge is 0.382 e. The van der Waals surface area contributed by atoms with Gasteiger partial charge in [0, 0.05) is 11.6 Å². The van der Waals surface area contributed by atoms with Crippen molar-refractivity contribution >= 4 is 23.2 Å². The first-order chi connectivity index (χ1) is 8.52. The third-order valence-corrected chi connectivity index (χ3v) is 3.28. The van der Waals surface area contributed by atoms with Crippen LogP contribution in [0.4, 0.5) is 0 Å². The standard InChI is InChI=1S/C13H14Cl2N2O/c1-3-17-12(11(15)7-16-17)13(18)9-4-8(2)5-10(14)6-9/h4-7,13,18H,3H2,1-2H3. The van der Waals surface area contributed by atoms with Crippen LogP contribution < -0.4 is 0 Å². The second-order valence-corrected chi connectivity index (χ2v) is 5.00. The molecule has 1 aromatic carbocycles. The topological polar surface area (TPSA) is 38.0 Å². The van der Waals surface area contributed by atoms with Crippen molar-refractivity contribution in [3.63, 3.8) is 0 Å². The lowest BCUT2D eigenvalue weighted by molar-refractivity contribution is 0.208. The van der Waals surface area contributed by atoms with Crippen LogP contribution in [0.25, 0.3) is 0 Å². The first-order valence-electron chi connectivity index (χ1n) is 5.69. The Morgan fingerprint density at radius 3 is 2.67 bits per heavy atom. The molecular weight excluding hydrogens is 271 g/mol. The van der Waals surface area contributed by atoms with Crippen LogP contribution in [0.1, 0.15) is 29.8 Å². The van der Waals surface area contributed by atoms with E-state index in [1.54, 1.807) is 16.9 Å². The Labute approximate surface area is 116 Å². The van der Waals surface area contributed by atoms with E-state index < -0.39 is 6.10 Å². The van der Waals surface area contributed by atoms with Gasteiger partial charge in [0.1, 0.15) is 6.10 Å². The Kier molecular flexibility index (Phi) is 3.95. The van der Waals surface area contributed by atoms with Crippen LogP contribution in [-0.2, 0) is 6.54 Å². The van der Waals surface area contributed by atoms with Gasteiger partial charge in [-0.1, -0.05) is 29.3 Å². The zero-order valence-electron chi connectivity index (χ0n) is 10.2. The molecule has 1 heterocycles. The van der Waals surface area contributed by atoms with E-state index in [-0.39, 0.29) is 0 Å². The van der Waals surface area contributed by atoms with Gasteiger partial charge in [-0.15, -0.1) is 0 Å². The Balaban J connectivity index is 2.47. The molecule has 2 aromatic rings. The van der Waals surface area contributed by atoms with Crippen molar-refractivity contribution in [1.29, 1.82) is 0 Å². The fourth-order valence-electron chi connectivity index (χ4n) is 1.98. The van der Waals surface area contributed by atoms with Crippen molar-refractivity contribution in [2.75, 3.05) is 0 Å². The minimum absolute atomic E-state index is 0.460. The van der Waals surface area contributed by atoms with Gasteiger partial charge in [0.25, 0.3) is 0 Å². The van der Waals surface area contributed by atoms with E-state index in [1.807, 2.05) is 26.0 Å². The Morgan fingerprint density at radius 2 is 2.06 bits per heavy atom. The highest BCUT2D eigenvalue weighted by molar-refractivity contribution is 6.31. The van der Waals surface area contributed by atoms with Gasteiger partial charge < -0.3 is 5.11 Å². The lowest BCUT2D eigenvalue weighted by atomic mass is 10.0. The molecule has 18 heavy (non-hydrogen) atoms. The van der Waals surface area contributed by atoms with Crippen molar-refractivity contribution < 1.29 is 5.11 Å². The van der Waals surface area contributed by atoms with Crippen LogP contribution in [-0.4, -0.2) is 14.9 Å². The molecule has 0 saturated heterocycles. The smallest absolute Gasteiger partial charge is 0.122 e. The molecule has 0 spiro atoms. The zero-order valence-corrected chi connectivity index (χ0v) is 11.7. The molecule has 0 radical (unpaired) electrons. The fraction of sp³-hybridized carbons (Fsp3) is 0.308. The molecule has 2 rings (SSSR count). The van der Waals surface area contributed by atoms with Gasteiger partial charge >= 0.3 is 0 Å². The number of aliphatic hydroxyl groups excluding tert-OH is 1. The van der Waals surface area contributed by atoms with E-state index in [9.17, 15) is 5.11 Å². The number of hydrogen-bond acceptors (Lipinski definition) is 2. The Morgan fingerprint density at radius 1 is 1.33 bits per heavy atom. The summed E-state index contributed by atoms with van der Waals surface area (Å²) >= 11 is 12.1. The first-order valence-corrected chi connectivity index (χ1v) is 6.45. The van der Waals surface area contributed by atoms with Gasteiger partial charge in [0.2, 0.25) is 0 Å². The van der Waals surface area contributed by atoms with Crippen molar-refractivity contribution in [3.8, 4) is 0 Å². The number of hydrogen-bond donors (Lipinski definition) is 1. The molecule has 1 N–H and O–H groups in total. The number of nitrogens with zero attached hydrogens (tertiary/aromatic N) is 2. The molecule has 1 atom stereocenters. The minimum Gasteiger partial charge on any atom is -0.382 e. The molecule has 0 bridgehead atoms. The molecule has 1 unspecified atom stereocenters. The summed E-state index contributed by atoms with van der Waals surface area (Å²) in [6, 6.07) is 5.47. The van der Waals surface area contributed by atoms with Crippen LogP contribution >= 0.6 is 23.2 Å². The quantitative estimate of drug-likeness (QED) is 0.935. The maximum absolute atomic E-state index is 10.4. The number of aliphatic hydroxyl groups is 1. The highest BCUT2D eigenvalue weighted by atomic mass is 35.5. The summed E-state index contributed by atoms with van der Waals surface area (Å²) in [6.45, 7) is 4.53. The van der Waals surface area contributed by atoms with Crippen LogP contribution in [0.15, 0.2) is 24.4 Å². The summed E-state index contributed by atoms with van der Waals surface area (Å²) < 4.78 is 1.68. The van der Waals surface area contributed by atoms with E-state index in [4.69, 9.17) is 23.2 Å². The number of aryl methyl sites for hydroxylation is 2. The molecule has 0 aliphatic heterocycles. The molecule has 1 aromatic heterocycles. The van der Waals surface area contributed by atoms with Gasteiger partial charge in [-0.25, -0.2) is 0 Å². The number of halogens is 2. The summed E-state index contributed by atoms with van der Waals surface area (Å²) in [5.74, 6) is 0. The van der Waals surface area contributed by atoms with Crippen molar-refractivity contribution in [1.82, 2.24) is 9.78 Å². The molecule has 0 fully saturated rings. The molecule has 96 valence electrons. The normalized spacial score (nSPS) is 12.7. The average molecular weight is 285 g/mol.